The van der Waals surface area contributed by atoms with Gasteiger partial charge in [0.25, 0.3) is 5.56 Å². The standard InChI is InChI=1S/C10H15N2O9P/c1-12-2-4(9(15)11-10(12)16)8-7(14)6(13)5(21-8)3-20-22(17,18)19/h2,5-8,13-14H,3H2,1H3,(H,11,15,16)(H2,17,18,19)/p-2/t5-,6?,7?,8+/m1/s1. The van der Waals surface area contributed by atoms with Crippen LogP contribution in [0.1, 0.15) is 11.7 Å². The zero-order valence-corrected chi connectivity index (χ0v) is 12.1. The van der Waals surface area contributed by atoms with Gasteiger partial charge in [0.15, 0.2) is 0 Å². The summed E-state index contributed by atoms with van der Waals surface area (Å²) in [5.41, 5.74) is -1.64. The van der Waals surface area contributed by atoms with Gasteiger partial charge in [0.05, 0.1) is 20.0 Å². The molecule has 11 nitrogen and oxygen atoms in total. The number of rotatable bonds is 4. The molecule has 1 aliphatic rings. The number of hydrogen-bond donors (Lipinski definition) is 3. The maximum Gasteiger partial charge on any atom is 0.328 e. The van der Waals surface area contributed by atoms with Gasteiger partial charge in [0, 0.05) is 13.2 Å². The molecule has 1 fully saturated rings. The molecule has 0 aliphatic carbocycles. The van der Waals surface area contributed by atoms with E-state index in [1.54, 1.807) is 0 Å². The Morgan fingerprint density at radius 1 is 1.41 bits per heavy atom. The second-order valence-electron chi connectivity index (χ2n) is 4.77. The summed E-state index contributed by atoms with van der Waals surface area (Å²) in [7, 11) is -3.91. The highest BCUT2D eigenvalue weighted by Crippen LogP contribution is 2.34. The number of aryl methyl sites for hydroxylation is 1. The van der Waals surface area contributed by atoms with Crippen molar-refractivity contribution in [1.82, 2.24) is 9.55 Å². The smallest absolute Gasteiger partial charge is 0.328 e. The second kappa shape index (κ2) is 6.05. The van der Waals surface area contributed by atoms with E-state index in [0.717, 1.165) is 10.8 Å². The number of aliphatic hydroxyl groups is 2. The molecule has 1 aromatic rings. The zero-order chi connectivity index (χ0) is 16.7. The number of nitrogens with zero attached hydrogens (tertiary/aromatic N) is 1. The summed E-state index contributed by atoms with van der Waals surface area (Å²) in [5, 5.41) is 19.7. The molecular weight excluding hydrogens is 323 g/mol. The molecule has 22 heavy (non-hydrogen) atoms. The van der Waals surface area contributed by atoms with Gasteiger partial charge in [-0.3, -0.25) is 9.78 Å². The lowest BCUT2D eigenvalue weighted by atomic mass is 10.0. The minimum Gasteiger partial charge on any atom is -0.790 e. The van der Waals surface area contributed by atoms with E-state index in [2.05, 4.69) is 4.52 Å². The van der Waals surface area contributed by atoms with Gasteiger partial charge in [-0.1, -0.05) is 0 Å². The van der Waals surface area contributed by atoms with Crippen LogP contribution in [0.5, 0.6) is 0 Å². The van der Waals surface area contributed by atoms with E-state index in [9.17, 15) is 34.2 Å². The third-order valence-electron chi connectivity index (χ3n) is 3.20. The van der Waals surface area contributed by atoms with Crippen molar-refractivity contribution in [3.05, 3.63) is 32.6 Å². The summed E-state index contributed by atoms with van der Waals surface area (Å²) in [6.45, 7) is -0.803. The first-order valence-electron chi connectivity index (χ1n) is 6.08. The number of H-pyrrole nitrogens is 1. The molecule has 1 aliphatic heterocycles. The zero-order valence-electron chi connectivity index (χ0n) is 11.2. The van der Waals surface area contributed by atoms with Crippen LogP contribution in [0, 0.1) is 0 Å². The van der Waals surface area contributed by atoms with Crippen molar-refractivity contribution in [2.75, 3.05) is 6.61 Å². The van der Waals surface area contributed by atoms with Gasteiger partial charge in [-0.2, -0.15) is 0 Å². The van der Waals surface area contributed by atoms with Gasteiger partial charge < -0.3 is 38.4 Å². The molecule has 0 radical (unpaired) electrons. The van der Waals surface area contributed by atoms with Crippen molar-refractivity contribution < 1.29 is 33.8 Å². The molecule has 124 valence electrons. The molecule has 0 aromatic carbocycles. The molecule has 2 heterocycles. The molecule has 3 N–H and O–H groups in total. The van der Waals surface area contributed by atoms with Crippen LogP contribution in [0.15, 0.2) is 15.8 Å². The number of ether oxygens (including phenoxy) is 1. The maximum atomic E-state index is 11.7. The Morgan fingerprint density at radius 3 is 2.64 bits per heavy atom. The normalized spacial score (nSPS) is 29.0. The van der Waals surface area contributed by atoms with Crippen LogP contribution in [-0.4, -0.2) is 44.7 Å². The third kappa shape index (κ3) is 3.52. The number of aliphatic hydroxyl groups excluding tert-OH is 2. The van der Waals surface area contributed by atoms with E-state index in [-0.39, 0.29) is 5.56 Å². The van der Waals surface area contributed by atoms with Crippen molar-refractivity contribution in [3.8, 4) is 0 Å². The van der Waals surface area contributed by atoms with Crippen LogP contribution < -0.4 is 21.0 Å². The minimum absolute atomic E-state index is 0.136. The Labute approximate surface area is 123 Å². The first-order chi connectivity index (χ1) is 10.1. The molecule has 12 heteroatoms. The Balaban J connectivity index is 2.23. The molecule has 4 atom stereocenters. The van der Waals surface area contributed by atoms with Crippen molar-refractivity contribution in [2.45, 2.75) is 24.4 Å². The Bertz CT molecular complexity index is 707. The second-order valence-corrected chi connectivity index (χ2v) is 5.93. The van der Waals surface area contributed by atoms with E-state index < -0.39 is 50.1 Å². The van der Waals surface area contributed by atoms with Crippen molar-refractivity contribution in [2.24, 2.45) is 7.05 Å². The van der Waals surface area contributed by atoms with Gasteiger partial charge in [0.1, 0.15) is 24.4 Å². The number of phosphoric ester groups is 1. The number of aromatic amines is 1. The molecule has 1 saturated heterocycles. The lowest BCUT2D eigenvalue weighted by molar-refractivity contribution is -0.343. The fraction of sp³-hybridized carbons (Fsp3) is 0.600. The van der Waals surface area contributed by atoms with Crippen LogP contribution in [0.2, 0.25) is 0 Å². The number of phosphoric acid groups is 1. The van der Waals surface area contributed by atoms with E-state index in [1.165, 1.54) is 7.05 Å². The lowest BCUT2D eigenvalue weighted by Crippen LogP contribution is -2.35. The third-order valence-corrected chi connectivity index (χ3v) is 3.67. The van der Waals surface area contributed by atoms with Gasteiger partial charge in [-0.05, 0) is 0 Å². The molecule has 0 bridgehead atoms. The van der Waals surface area contributed by atoms with Gasteiger partial charge in [-0.25, -0.2) is 4.79 Å². The molecule has 2 rings (SSSR count). The summed E-state index contributed by atoms with van der Waals surface area (Å²) in [6.07, 6.45) is -4.65. The number of nitrogens with one attached hydrogen (secondary N) is 1. The fourth-order valence-corrected chi connectivity index (χ4v) is 2.42. The largest absolute Gasteiger partial charge is 0.790 e. The number of aromatic nitrogens is 2. The highest BCUT2D eigenvalue weighted by atomic mass is 31.2. The SMILES string of the molecule is Cn1cc([C@@H]2O[C@H](COP(=O)([O-])[O-])C(O)C2O)c(=O)[nH]c1=O. The first kappa shape index (κ1) is 17.0. The fourth-order valence-electron chi connectivity index (χ4n) is 2.09. The predicted molar refractivity (Wildman–Crippen MR) is 65.5 cm³/mol. The predicted octanol–water partition coefficient (Wildman–Crippen LogP) is -3.92. The van der Waals surface area contributed by atoms with E-state index in [1.807, 2.05) is 4.98 Å². The van der Waals surface area contributed by atoms with Gasteiger partial charge in [0.2, 0.25) is 0 Å². The van der Waals surface area contributed by atoms with Crippen LogP contribution in [0.4, 0.5) is 0 Å². The monoisotopic (exact) mass is 336 g/mol. The van der Waals surface area contributed by atoms with Crippen LogP contribution in [-0.2, 0) is 20.9 Å². The van der Waals surface area contributed by atoms with E-state index in [0.29, 0.717) is 0 Å². The first-order valence-corrected chi connectivity index (χ1v) is 7.54. The molecule has 0 amide bonds. The summed E-state index contributed by atoms with van der Waals surface area (Å²) in [4.78, 5) is 45.8. The molecule has 0 spiro atoms. The van der Waals surface area contributed by atoms with Gasteiger partial charge >= 0.3 is 5.69 Å². The molecule has 1 aromatic heterocycles. The minimum atomic E-state index is -5.27. The van der Waals surface area contributed by atoms with Crippen molar-refractivity contribution >= 4 is 7.82 Å². The van der Waals surface area contributed by atoms with Gasteiger partial charge in [-0.15, -0.1) is 0 Å². The highest BCUT2D eigenvalue weighted by molar-refractivity contribution is 7.43. The topological polar surface area (TPSA) is 177 Å². The van der Waals surface area contributed by atoms with Crippen LogP contribution >= 0.6 is 7.82 Å². The Kier molecular flexibility index (Phi) is 4.68. The van der Waals surface area contributed by atoms with Crippen LogP contribution in [0.25, 0.3) is 0 Å². The average molecular weight is 336 g/mol. The Hall–Kier alpha value is -1.33. The van der Waals surface area contributed by atoms with Crippen molar-refractivity contribution in [3.63, 3.8) is 0 Å². The summed E-state index contributed by atoms with van der Waals surface area (Å²) >= 11 is 0. The number of hydrogen-bond acceptors (Lipinski definition) is 9. The molecular formula is C10H13N2O9P-2. The highest BCUT2D eigenvalue weighted by Gasteiger charge is 2.44. The summed E-state index contributed by atoms with van der Waals surface area (Å²) < 4.78 is 20.6. The van der Waals surface area contributed by atoms with E-state index in [4.69, 9.17) is 4.74 Å². The lowest BCUT2D eigenvalue weighted by Gasteiger charge is -2.30. The van der Waals surface area contributed by atoms with E-state index >= 15 is 0 Å². The summed E-state index contributed by atoms with van der Waals surface area (Å²) in [5.74, 6) is 0. The Morgan fingerprint density at radius 2 is 2.05 bits per heavy atom. The average Bonchev–Trinajstić information content (AvgIpc) is 2.68. The van der Waals surface area contributed by atoms with Crippen molar-refractivity contribution in [1.29, 1.82) is 0 Å². The molecule has 0 saturated carbocycles. The quantitative estimate of drug-likeness (QED) is 0.463. The molecule has 2 unspecified atom stereocenters. The van der Waals surface area contributed by atoms with Crippen LogP contribution in [0.3, 0.4) is 0 Å². The summed E-state index contributed by atoms with van der Waals surface area (Å²) in [6, 6.07) is 0. The maximum absolute atomic E-state index is 11.7.